The number of benzene rings is 1. The number of nitrogens with two attached hydrogens (primary N) is 1. The molecule has 3 nitrogen and oxygen atoms in total. The fourth-order valence-electron chi connectivity index (χ4n) is 2.02. The summed E-state index contributed by atoms with van der Waals surface area (Å²) in [4.78, 5) is 12.6. The highest BCUT2D eigenvalue weighted by atomic mass is 35.5. The zero-order valence-electron chi connectivity index (χ0n) is 11.4. The highest BCUT2D eigenvalue weighted by Gasteiger charge is 2.17. The summed E-state index contributed by atoms with van der Waals surface area (Å²) in [6.45, 7) is 4.31. The molecule has 0 fully saturated rings. The van der Waals surface area contributed by atoms with E-state index in [1.807, 2.05) is 12.1 Å². The molecule has 1 atom stereocenters. The van der Waals surface area contributed by atoms with Gasteiger partial charge in [0.15, 0.2) is 0 Å². The molecule has 2 aromatic rings. The molecule has 1 unspecified atom stereocenters. The number of thiophene rings is 1. The monoisotopic (exact) mass is 308 g/mol. The molecule has 1 aromatic carbocycles. The van der Waals surface area contributed by atoms with Gasteiger partial charge in [-0.15, -0.1) is 11.3 Å². The third-order valence-corrected chi connectivity index (χ3v) is 4.36. The Morgan fingerprint density at radius 1 is 1.35 bits per heavy atom. The second-order valence-electron chi connectivity index (χ2n) is 4.94. The van der Waals surface area contributed by atoms with Crippen LogP contribution in [0, 0.1) is 5.92 Å². The van der Waals surface area contributed by atoms with Crippen molar-refractivity contribution < 1.29 is 4.79 Å². The van der Waals surface area contributed by atoms with Crippen LogP contribution in [0.5, 0.6) is 0 Å². The van der Waals surface area contributed by atoms with E-state index in [4.69, 9.17) is 17.3 Å². The van der Waals surface area contributed by atoms with Crippen molar-refractivity contribution in [1.82, 2.24) is 0 Å². The molecular weight excluding hydrogens is 292 g/mol. The Balaban J connectivity index is 2.28. The number of carbonyl (C=O) groups excluding carboxylic acids is 1. The van der Waals surface area contributed by atoms with Gasteiger partial charge in [-0.2, -0.15) is 0 Å². The van der Waals surface area contributed by atoms with Gasteiger partial charge >= 0.3 is 0 Å². The lowest BCUT2D eigenvalue weighted by Crippen LogP contribution is -2.17. The quantitative estimate of drug-likeness (QED) is 0.864. The van der Waals surface area contributed by atoms with Crippen molar-refractivity contribution in [3.05, 3.63) is 51.2 Å². The zero-order chi connectivity index (χ0) is 14.7. The van der Waals surface area contributed by atoms with Gasteiger partial charge < -0.3 is 11.1 Å². The third kappa shape index (κ3) is 3.32. The first-order valence-electron chi connectivity index (χ1n) is 6.38. The highest BCUT2D eigenvalue weighted by molar-refractivity contribution is 7.10. The van der Waals surface area contributed by atoms with Crippen LogP contribution in [0.4, 0.5) is 5.69 Å². The second-order valence-corrected chi connectivity index (χ2v) is 6.33. The Hall–Kier alpha value is -1.52. The summed E-state index contributed by atoms with van der Waals surface area (Å²) in [6.07, 6.45) is 0. The van der Waals surface area contributed by atoms with Crippen LogP contribution in [0.2, 0.25) is 5.02 Å². The van der Waals surface area contributed by atoms with Crippen LogP contribution >= 0.6 is 22.9 Å². The molecule has 0 saturated carbocycles. The van der Waals surface area contributed by atoms with E-state index in [9.17, 15) is 4.79 Å². The van der Waals surface area contributed by atoms with Gasteiger partial charge in [0.05, 0.1) is 16.6 Å². The molecule has 20 heavy (non-hydrogen) atoms. The molecule has 0 aliphatic rings. The minimum atomic E-state index is -0.518. The van der Waals surface area contributed by atoms with Crippen LogP contribution in [0.15, 0.2) is 35.7 Å². The van der Waals surface area contributed by atoms with Crippen LogP contribution in [0.1, 0.15) is 35.1 Å². The number of rotatable bonds is 5. The van der Waals surface area contributed by atoms with E-state index in [0.717, 1.165) is 5.69 Å². The number of nitrogens with one attached hydrogen (secondary N) is 1. The average Bonchev–Trinajstić information content (AvgIpc) is 2.90. The summed E-state index contributed by atoms with van der Waals surface area (Å²) < 4.78 is 0. The molecule has 0 radical (unpaired) electrons. The number of halogens is 1. The van der Waals surface area contributed by atoms with Crippen molar-refractivity contribution in [1.29, 1.82) is 0 Å². The summed E-state index contributed by atoms with van der Waals surface area (Å²) in [7, 11) is 0. The molecule has 2 rings (SSSR count). The molecule has 0 bridgehead atoms. The molecule has 1 amide bonds. The SMILES string of the molecule is CC(C)C(Nc1ccc(Cl)c(C(N)=O)c1)c1cccs1. The summed E-state index contributed by atoms with van der Waals surface area (Å²) in [5.74, 6) is -0.0998. The standard InChI is InChI=1S/C15H17ClN2OS/c1-9(2)14(13-4-3-7-20-13)18-10-5-6-12(16)11(8-10)15(17)19/h3-9,14,18H,1-2H3,(H2,17,19). The van der Waals surface area contributed by atoms with E-state index in [1.165, 1.54) is 4.88 Å². The molecule has 106 valence electrons. The van der Waals surface area contributed by atoms with Crippen molar-refractivity contribution in [3.8, 4) is 0 Å². The van der Waals surface area contributed by atoms with Crippen molar-refractivity contribution in [2.75, 3.05) is 5.32 Å². The van der Waals surface area contributed by atoms with E-state index in [-0.39, 0.29) is 6.04 Å². The summed E-state index contributed by atoms with van der Waals surface area (Å²) >= 11 is 7.68. The second kappa shape index (κ2) is 6.29. The molecule has 0 aliphatic carbocycles. The van der Waals surface area contributed by atoms with E-state index in [2.05, 4.69) is 30.6 Å². The van der Waals surface area contributed by atoms with E-state index >= 15 is 0 Å². The van der Waals surface area contributed by atoms with Crippen LogP contribution in [-0.2, 0) is 0 Å². The first-order valence-corrected chi connectivity index (χ1v) is 7.64. The van der Waals surface area contributed by atoms with Gasteiger partial charge in [0.1, 0.15) is 0 Å². The van der Waals surface area contributed by atoms with Crippen LogP contribution in [0.3, 0.4) is 0 Å². The molecule has 3 N–H and O–H groups in total. The minimum Gasteiger partial charge on any atom is -0.377 e. The molecule has 0 saturated heterocycles. The largest absolute Gasteiger partial charge is 0.377 e. The van der Waals surface area contributed by atoms with Gasteiger partial charge in [0.25, 0.3) is 0 Å². The van der Waals surface area contributed by atoms with Gasteiger partial charge in [-0.1, -0.05) is 31.5 Å². The van der Waals surface area contributed by atoms with E-state index < -0.39 is 5.91 Å². The topological polar surface area (TPSA) is 55.1 Å². The van der Waals surface area contributed by atoms with Crippen LogP contribution in [0.25, 0.3) is 0 Å². The molecule has 5 heteroatoms. The summed E-state index contributed by atoms with van der Waals surface area (Å²) in [5, 5.41) is 5.88. The van der Waals surface area contributed by atoms with Gasteiger partial charge in [0, 0.05) is 10.6 Å². The number of hydrogen-bond acceptors (Lipinski definition) is 3. The van der Waals surface area contributed by atoms with Crippen LogP contribution < -0.4 is 11.1 Å². The maximum absolute atomic E-state index is 11.3. The first-order chi connectivity index (χ1) is 9.49. The number of anilines is 1. The Morgan fingerprint density at radius 3 is 2.65 bits per heavy atom. The minimum absolute atomic E-state index is 0.192. The van der Waals surface area contributed by atoms with Crippen molar-refractivity contribution in [2.45, 2.75) is 19.9 Å². The molecular formula is C15H17ClN2OS. The van der Waals surface area contributed by atoms with Gasteiger partial charge in [-0.3, -0.25) is 4.79 Å². The molecule has 0 spiro atoms. The summed E-state index contributed by atoms with van der Waals surface area (Å²) in [5.41, 5.74) is 6.50. The van der Waals surface area contributed by atoms with E-state index in [0.29, 0.717) is 16.5 Å². The third-order valence-electron chi connectivity index (χ3n) is 3.07. The highest BCUT2D eigenvalue weighted by Crippen LogP contribution is 2.31. The normalized spacial score (nSPS) is 12.4. The molecule has 0 aliphatic heterocycles. The number of hydrogen-bond donors (Lipinski definition) is 2. The molecule has 1 aromatic heterocycles. The molecule has 1 heterocycles. The van der Waals surface area contributed by atoms with Gasteiger partial charge in [-0.05, 0) is 35.6 Å². The predicted octanol–water partition coefficient (Wildman–Crippen LogP) is 4.31. The number of primary amides is 1. The van der Waals surface area contributed by atoms with Gasteiger partial charge in [-0.25, -0.2) is 0 Å². The Kier molecular flexibility index (Phi) is 4.68. The maximum Gasteiger partial charge on any atom is 0.250 e. The number of carbonyl (C=O) groups is 1. The maximum atomic E-state index is 11.3. The first kappa shape index (κ1) is 14.9. The van der Waals surface area contributed by atoms with Gasteiger partial charge in [0.2, 0.25) is 5.91 Å². The van der Waals surface area contributed by atoms with E-state index in [1.54, 1.807) is 23.5 Å². The van der Waals surface area contributed by atoms with Crippen LogP contribution in [-0.4, -0.2) is 5.91 Å². The Labute approximate surface area is 127 Å². The van der Waals surface area contributed by atoms with Crippen molar-refractivity contribution in [2.24, 2.45) is 11.7 Å². The lowest BCUT2D eigenvalue weighted by atomic mass is 10.0. The predicted molar refractivity (Wildman–Crippen MR) is 85.5 cm³/mol. The van der Waals surface area contributed by atoms with Crippen molar-refractivity contribution >= 4 is 34.5 Å². The summed E-state index contributed by atoms with van der Waals surface area (Å²) in [6, 6.07) is 9.58. The fourth-order valence-corrected chi connectivity index (χ4v) is 3.18. The number of amides is 1. The van der Waals surface area contributed by atoms with Crippen molar-refractivity contribution in [3.63, 3.8) is 0 Å². The lowest BCUT2D eigenvalue weighted by molar-refractivity contribution is 0.100. The fraction of sp³-hybridized carbons (Fsp3) is 0.267. The Morgan fingerprint density at radius 2 is 2.10 bits per heavy atom. The lowest BCUT2D eigenvalue weighted by Gasteiger charge is -2.23. The zero-order valence-corrected chi connectivity index (χ0v) is 13.0. The smallest absolute Gasteiger partial charge is 0.250 e. The Bertz CT molecular complexity index is 596. The average molecular weight is 309 g/mol.